The maximum atomic E-state index is 13.4. The van der Waals surface area contributed by atoms with Gasteiger partial charge in [-0.05, 0) is 18.4 Å². The highest BCUT2D eigenvalue weighted by atomic mass is 19.3. The zero-order valence-corrected chi connectivity index (χ0v) is 13.5. The lowest BCUT2D eigenvalue weighted by Gasteiger charge is -2.36. The molecule has 5 nitrogen and oxygen atoms in total. The molecule has 1 aromatic carbocycles. The lowest BCUT2D eigenvalue weighted by Crippen LogP contribution is -2.53. The van der Waals surface area contributed by atoms with Crippen molar-refractivity contribution in [1.82, 2.24) is 15.1 Å². The van der Waals surface area contributed by atoms with Crippen LogP contribution in [0.2, 0.25) is 0 Å². The van der Waals surface area contributed by atoms with Crippen molar-refractivity contribution < 1.29 is 18.4 Å². The molecule has 0 saturated carbocycles. The van der Waals surface area contributed by atoms with Crippen LogP contribution in [-0.4, -0.2) is 54.3 Å². The first kappa shape index (κ1) is 16.7. The van der Waals surface area contributed by atoms with E-state index in [1.165, 1.54) is 0 Å². The molecule has 3 amide bonds. The highest BCUT2D eigenvalue weighted by molar-refractivity contribution is 5.84. The Bertz CT molecular complexity index is 611. The number of likely N-dealkylation sites (tertiary alicyclic amines) is 2. The van der Waals surface area contributed by atoms with E-state index >= 15 is 0 Å². The molecule has 7 heteroatoms. The SMILES string of the molecule is CN1C[C@@H]2[C@@H](CCCN2C(=O)NC(c2ccccc2)C(F)F)C1=O. The molecular weight excluding hydrogens is 316 g/mol. The van der Waals surface area contributed by atoms with Crippen LogP contribution in [0.25, 0.3) is 0 Å². The first-order valence-corrected chi connectivity index (χ1v) is 8.14. The van der Waals surface area contributed by atoms with Gasteiger partial charge in [-0.15, -0.1) is 0 Å². The lowest BCUT2D eigenvalue weighted by molar-refractivity contribution is -0.130. The fourth-order valence-corrected chi connectivity index (χ4v) is 3.64. The van der Waals surface area contributed by atoms with Crippen molar-refractivity contribution in [2.45, 2.75) is 31.4 Å². The number of alkyl halides is 2. The molecule has 2 saturated heterocycles. The molecule has 0 aromatic heterocycles. The number of amides is 3. The predicted octanol–water partition coefficient (Wildman–Crippen LogP) is 2.25. The van der Waals surface area contributed by atoms with Gasteiger partial charge in [0.25, 0.3) is 6.43 Å². The van der Waals surface area contributed by atoms with Gasteiger partial charge in [0.15, 0.2) is 0 Å². The van der Waals surface area contributed by atoms with E-state index in [0.29, 0.717) is 25.1 Å². The monoisotopic (exact) mass is 337 g/mol. The second-order valence-electron chi connectivity index (χ2n) is 6.40. The van der Waals surface area contributed by atoms with Crippen molar-refractivity contribution in [3.05, 3.63) is 35.9 Å². The van der Waals surface area contributed by atoms with Crippen LogP contribution < -0.4 is 5.32 Å². The zero-order chi connectivity index (χ0) is 17.3. The molecule has 0 bridgehead atoms. The number of halogens is 2. The van der Waals surface area contributed by atoms with Gasteiger partial charge in [-0.1, -0.05) is 30.3 Å². The number of rotatable bonds is 3. The molecule has 3 rings (SSSR count). The van der Waals surface area contributed by atoms with E-state index in [-0.39, 0.29) is 17.9 Å². The van der Waals surface area contributed by atoms with Crippen molar-refractivity contribution >= 4 is 11.9 Å². The maximum absolute atomic E-state index is 13.4. The van der Waals surface area contributed by atoms with E-state index in [0.717, 1.165) is 6.42 Å². The summed E-state index contributed by atoms with van der Waals surface area (Å²) in [4.78, 5) is 27.9. The number of urea groups is 1. The third-order valence-electron chi connectivity index (χ3n) is 4.88. The minimum absolute atomic E-state index is 0.0333. The molecule has 2 aliphatic rings. The normalized spacial score (nSPS) is 24.9. The zero-order valence-electron chi connectivity index (χ0n) is 13.5. The minimum Gasteiger partial charge on any atom is -0.343 e. The molecule has 130 valence electrons. The smallest absolute Gasteiger partial charge is 0.318 e. The quantitative estimate of drug-likeness (QED) is 0.920. The average molecular weight is 337 g/mol. The summed E-state index contributed by atoms with van der Waals surface area (Å²) in [5.74, 6) is -0.179. The van der Waals surface area contributed by atoms with Crippen LogP contribution in [0.5, 0.6) is 0 Å². The second kappa shape index (κ2) is 6.75. The van der Waals surface area contributed by atoms with Crippen molar-refractivity contribution in [3.8, 4) is 0 Å². The van der Waals surface area contributed by atoms with Crippen LogP contribution in [-0.2, 0) is 4.79 Å². The summed E-state index contributed by atoms with van der Waals surface area (Å²) in [6.45, 7) is 0.945. The molecule has 0 radical (unpaired) electrons. The number of benzene rings is 1. The minimum atomic E-state index is -2.70. The van der Waals surface area contributed by atoms with E-state index in [2.05, 4.69) is 5.32 Å². The van der Waals surface area contributed by atoms with E-state index in [1.807, 2.05) is 0 Å². The Balaban J connectivity index is 1.74. The second-order valence-corrected chi connectivity index (χ2v) is 6.40. The van der Waals surface area contributed by atoms with Gasteiger partial charge in [-0.3, -0.25) is 4.79 Å². The average Bonchev–Trinajstić information content (AvgIpc) is 2.87. The Morgan fingerprint density at radius 1 is 1.29 bits per heavy atom. The standard InChI is InChI=1S/C17H21F2N3O2/c1-21-10-13-12(16(21)23)8-5-9-22(13)17(24)20-14(15(18)19)11-6-3-2-4-7-11/h2-4,6-7,12-15H,5,8-10H2,1H3,(H,20,24)/t12-,13-,14?/m1/s1. The van der Waals surface area contributed by atoms with Crippen LogP contribution in [0.4, 0.5) is 13.6 Å². The van der Waals surface area contributed by atoms with Gasteiger partial charge >= 0.3 is 6.03 Å². The first-order chi connectivity index (χ1) is 11.5. The van der Waals surface area contributed by atoms with Gasteiger partial charge in [0.05, 0.1) is 12.0 Å². The lowest BCUT2D eigenvalue weighted by atomic mass is 9.92. The molecule has 0 aliphatic carbocycles. The largest absolute Gasteiger partial charge is 0.343 e. The van der Waals surface area contributed by atoms with Gasteiger partial charge in [-0.2, -0.15) is 0 Å². The fourth-order valence-electron chi connectivity index (χ4n) is 3.64. The summed E-state index contributed by atoms with van der Waals surface area (Å²) in [5, 5.41) is 2.45. The number of hydrogen-bond acceptors (Lipinski definition) is 2. The molecule has 1 unspecified atom stereocenters. The highest BCUT2D eigenvalue weighted by Gasteiger charge is 2.45. The van der Waals surface area contributed by atoms with Crippen molar-refractivity contribution in [2.24, 2.45) is 5.92 Å². The topological polar surface area (TPSA) is 52.6 Å². The Hall–Kier alpha value is -2.18. The Morgan fingerprint density at radius 2 is 2.00 bits per heavy atom. The highest BCUT2D eigenvalue weighted by Crippen LogP contribution is 2.31. The molecule has 2 fully saturated rings. The van der Waals surface area contributed by atoms with Crippen LogP contribution in [0.15, 0.2) is 30.3 Å². The van der Waals surface area contributed by atoms with Crippen molar-refractivity contribution in [2.75, 3.05) is 20.1 Å². The summed E-state index contributed by atoms with van der Waals surface area (Å²) < 4.78 is 26.8. The number of nitrogens with one attached hydrogen (secondary N) is 1. The summed E-state index contributed by atoms with van der Waals surface area (Å²) >= 11 is 0. The van der Waals surface area contributed by atoms with E-state index in [1.54, 1.807) is 47.2 Å². The molecule has 3 atom stereocenters. The predicted molar refractivity (Wildman–Crippen MR) is 84.6 cm³/mol. The number of hydrogen-bond donors (Lipinski definition) is 1. The van der Waals surface area contributed by atoms with Crippen LogP contribution in [0.1, 0.15) is 24.4 Å². The number of nitrogens with zero attached hydrogens (tertiary/aromatic N) is 2. The summed E-state index contributed by atoms with van der Waals surface area (Å²) in [7, 11) is 1.71. The third kappa shape index (κ3) is 3.07. The Morgan fingerprint density at radius 3 is 2.67 bits per heavy atom. The van der Waals surface area contributed by atoms with Crippen LogP contribution in [0.3, 0.4) is 0 Å². The molecule has 2 aliphatic heterocycles. The molecular formula is C17H21F2N3O2. The number of likely N-dealkylation sites (N-methyl/N-ethyl adjacent to an activating group) is 1. The van der Waals surface area contributed by atoms with E-state index in [4.69, 9.17) is 0 Å². The van der Waals surface area contributed by atoms with Gasteiger partial charge in [0.1, 0.15) is 6.04 Å². The Labute approximate surface area is 139 Å². The molecule has 0 spiro atoms. The van der Waals surface area contributed by atoms with Crippen LogP contribution >= 0.6 is 0 Å². The molecule has 24 heavy (non-hydrogen) atoms. The van der Waals surface area contributed by atoms with Crippen LogP contribution in [0, 0.1) is 5.92 Å². The van der Waals surface area contributed by atoms with Gasteiger partial charge in [0.2, 0.25) is 5.91 Å². The number of piperidine rings is 1. The number of carbonyl (C=O) groups is 2. The van der Waals surface area contributed by atoms with Gasteiger partial charge < -0.3 is 15.1 Å². The van der Waals surface area contributed by atoms with E-state index < -0.39 is 18.5 Å². The number of fused-ring (bicyclic) bond motifs is 1. The molecule has 2 heterocycles. The molecule has 1 N–H and O–H groups in total. The van der Waals surface area contributed by atoms with Gasteiger partial charge in [-0.25, -0.2) is 13.6 Å². The third-order valence-corrected chi connectivity index (χ3v) is 4.88. The Kier molecular flexibility index (Phi) is 4.69. The molecule has 1 aromatic rings. The summed E-state index contributed by atoms with van der Waals surface area (Å²) in [6.07, 6.45) is -1.25. The van der Waals surface area contributed by atoms with Gasteiger partial charge in [0, 0.05) is 20.1 Å². The fraction of sp³-hybridized carbons (Fsp3) is 0.529. The number of carbonyl (C=O) groups excluding carboxylic acids is 2. The van der Waals surface area contributed by atoms with Crippen molar-refractivity contribution in [1.29, 1.82) is 0 Å². The summed E-state index contributed by atoms with van der Waals surface area (Å²) in [6, 6.07) is 6.10. The summed E-state index contributed by atoms with van der Waals surface area (Å²) in [5.41, 5.74) is 0.369. The van der Waals surface area contributed by atoms with Crippen molar-refractivity contribution in [3.63, 3.8) is 0 Å². The first-order valence-electron chi connectivity index (χ1n) is 8.14. The van der Waals surface area contributed by atoms with E-state index in [9.17, 15) is 18.4 Å². The maximum Gasteiger partial charge on any atom is 0.318 e.